The first-order valence-electron chi connectivity index (χ1n) is 11.1. The predicted octanol–water partition coefficient (Wildman–Crippen LogP) is 1.94. The number of halogens is 3. The Morgan fingerprint density at radius 1 is 1.21 bits per heavy atom. The number of methoxy groups -OCH3 is 2. The molecule has 3 heterocycles. The number of ketones is 1. The van der Waals surface area contributed by atoms with Crippen LogP contribution in [0, 0.1) is 6.92 Å². The number of ether oxygens (including phenoxy) is 2. The molecule has 0 aromatic carbocycles. The fourth-order valence-electron chi connectivity index (χ4n) is 3.31. The molecule has 17 heteroatoms. The standard InChI is InChI=1S/C22H25F3N8O5S/c1-12-9-28-16(10-27-12)19(38-4)13(2)39(35,36)32-21-31-30-20(15-6-5-7-18(29-15)37-3)33(21)11-14(34)8-17(26)22(23,24)25/h5-10,13,19H,11,26H2,1-4H3,(H,31,32)/t13-,19-/m0/s1. The van der Waals surface area contributed by atoms with Crippen LogP contribution < -0.4 is 15.2 Å². The van der Waals surface area contributed by atoms with E-state index in [0.717, 1.165) is 4.57 Å². The van der Waals surface area contributed by atoms with Gasteiger partial charge in [0.1, 0.15) is 22.7 Å². The van der Waals surface area contributed by atoms with Crippen LogP contribution in [0.25, 0.3) is 11.5 Å². The molecule has 3 N–H and O–H groups in total. The van der Waals surface area contributed by atoms with Crippen LogP contribution in [0.3, 0.4) is 0 Å². The first kappa shape index (κ1) is 29.4. The summed E-state index contributed by atoms with van der Waals surface area (Å²) >= 11 is 0. The van der Waals surface area contributed by atoms with Crippen LogP contribution in [0.2, 0.25) is 0 Å². The molecule has 0 aliphatic heterocycles. The highest BCUT2D eigenvalue weighted by atomic mass is 32.2. The zero-order chi connectivity index (χ0) is 29.0. The van der Waals surface area contributed by atoms with Crippen molar-refractivity contribution in [3.05, 3.63) is 53.8 Å². The Labute approximate surface area is 221 Å². The van der Waals surface area contributed by atoms with E-state index in [4.69, 9.17) is 15.2 Å². The van der Waals surface area contributed by atoms with Gasteiger partial charge in [-0.1, -0.05) is 6.07 Å². The Morgan fingerprint density at radius 2 is 1.92 bits per heavy atom. The van der Waals surface area contributed by atoms with Crippen LogP contribution in [-0.2, 0) is 26.1 Å². The van der Waals surface area contributed by atoms with Gasteiger partial charge in [-0.2, -0.15) is 13.2 Å². The van der Waals surface area contributed by atoms with Gasteiger partial charge in [-0.25, -0.2) is 13.4 Å². The molecule has 210 valence electrons. The average molecular weight is 571 g/mol. The van der Waals surface area contributed by atoms with Gasteiger partial charge in [0.2, 0.25) is 21.9 Å². The summed E-state index contributed by atoms with van der Waals surface area (Å²) in [5.74, 6) is -1.53. The number of aryl methyl sites for hydroxylation is 1. The highest BCUT2D eigenvalue weighted by Gasteiger charge is 2.35. The van der Waals surface area contributed by atoms with Gasteiger partial charge in [-0.3, -0.25) is 24.1 Å². The number of carbonyl (C=O) groups excluding carboxylic acids is 1. The van der Waals surface area contributed by atoms with Gasteiger partial charge in [0.25, 0.3) is 0 Å². The molecule has 13 nitrogen and oxygen atoms in total. The molecular formula is C22H25F3N8O5S. The van der Waals surface area contributed by atoms with Crippen molar-refractivity contribution in [3.63, 3.8) is 0 Å². The van der Waals surface area contributed by atoms with E-state index in [0.29, 0.717) is 5.69 Å². The topological polar surface area (TPSA) is 177 Å². The first-order valence-corrected chi connectivity index (χ1v) is 12.7. The zero-order valence-corrected chi connectivity index (χ0v) is 22.0. The SMILES string of the molecule is COc1cccc(-c2nnc(NS(=O)(=O)[C@@H](C)[C@H](OC)c3cnc(C)cn3)n2CC(=O)C=C(N)C(F)(F)F)n1. The van der Waals surface area contributed by atoms with Crippen molar-refractivity contribution in [3.8, 4) is 17.4 Å². The van der Waals surface area contributed by atoms with Crippen molar-refractivity contribution >= 4 is 21.8 Å². The molecule has 0 spiro atoms. The van der Waals surface area contributed by atoms with Gasteiger partial charge in [-0.05, 0) is 19.9 Å². The van der Waals surface area contributed by atoms with Gasteiger partial charge >= 0.3 is 6.18 Å². The van der Waals surface area contributed by atoms with Gasteiger partial charge in [0.15, 0.2) is 11.6 Å². The number of allylic oxidation sites excluding steroid dienone is 2. The molecule has 0 bridgehead atoms. The average Bonchev–Trinajstić information content (AvgIpc) is 3.25. The molecule has 0 radical (unpaired) electrons. The second kappa shape index (κ2) is 11.7. The number of carbonyl (C=O) groups is 1. The minimum absolute atomic E-state index is 0.102. The number of aromatic nitrogens is 6. The maximum absolute atomic E-state index is 13.3. The summed E-state index contributed by atoms with van der Waals surface area (Å²) in [6.07, 6.45) is -2.97. The van der Waals surface area contributed by atoms with Crippen LogP contribution >= 0.6 is 0 Å². The molecule has 0 aliphatic carbocycles. The van der Waals surface area contributed by atoms with Crippen molar-refractivity contribution in [1.29, 1.82) is 0 Å². The lowest BCUT2D eigenvalue weighted by Gasteiger charge is -2.22. The van der Waals surface area contributed by atoms with Crippen molar-refractivity contribution in [2.45, 2.75) is 37.9 Å². The summed E-state index contributed by atoms with van der Waals surface area (Å²) in [7, 11) is -1.66. The quantitative estimate of drug-likeness (QED) is 0.322. The normalized spacial score (nSPS) is 14.1. The second-order valence-electron chi connectivity index (χ2n) is 8.15. The third-order valence-corrected chi connectivity index (χ3v) is 7.06. The third-order valence-electron chi connectivity index (χ3n) is 5.37. The Kier molecular flexibility index (Phi) is 8.85. The number of anilines is 1. The van der Waals surface area contributed by atoms with Crippen LogP contribution in [0.4, 0.5) is 19.1 Å². The van der Waals surface area contributed by atoms with Crippen LogP contribution in [0.15, 0.2) is 42.4 Å². The molecule has 0 aliphatic rings. The van der Waals surface area contributed by atoms with E-state index in [1.165, 1.54) is 45.7 Å². The molecular weight excluding hydrogens is 545 g/mol. The summed E-state index contributed by atoms with van der Waals surface area (Å²) < 4.78 is 78.8. The van der Waals surface area contributed by atoms with E-state index in [1.807, 2.05) is 0 Å². The van der Waals surface area contributed by atoms with Crippen molar-refractivity contribution in [2.75, 3.05) is 18.9 Å². The largest absolute Gasteiger partial charge is 0.481 e. The fourth-order valence-corrected chi connectivity index (χ4v) is 4.48. The van der Waals surface area contributed by atoms with E-state index >= 15 is 0 Å². The summed E-state index contributed by atoms with van der Waals surface area (Å²) in [6, 6.07) is 4.53. The monoisotopic (exact) mass is 570 g/mol. The molecule has 0 saturated heterocycles. The third kappa shape index (κ3) is 7.05. The predicted molar refractivity (Wildman–Crippen MR) is 132 cm³/mol. The van der Waals surface area contributed by atoms with Crippen molar-refractivity contribution < 1.29 is 35.9 Å². The Hall–Kier alpha value is -4.12. The van der Waals surface area contributed by atoms with E-state index < -0.39 is 51.5 Å². The van der Waals surface area contributed by atoms with E-state index in [1.54, 1.807) is 13.0 Å². The first-order chi connectivity index (χ1) is 18.3. The Morgan fingerprint density at radius 3 is 2.51 bits per heavy atom. The molecule has 0 saturated carbocycles. The number of hydrogen-bond donors (Lipinski definition) is 2. The number of hydrogen-bond acceptors (Lipinski definition) is 11. The summed E-state index contributed by atoms with van der Waals surface area (Å²) in [5.41, 5.74) is 4.30. The molecule has 0 amide bonds. The number of nitrogens with zero attached hydrogens (tertiary/aromatic N) is 6. The van der Waals surface area contributed by atoms with E-state index in [-0.39, 0.29) is 29.2 Å². The zero-order valence-electron chi connectivity index (χ0n) is 21.2. The van der Waals surface area contributed by atoms with Crippen molar-refractivity contribution in [1.82, 2.24) is 29.7 Å². The Bertz CT molecular complexity index is 1460. The summed E-state index contributed by atoms with van der Waals surface area (Å²) in [6.45, 7) is 2.25. The Balaban J connectivity index is 2.02. The van der Waals surface area contributed by atoms with Crippen LogP contribution in [0.5, 0.6) is 5.88 Å². The number of nitrogens with one attached hydrogen (secondary N) is 1. The van der Waals surface area contributed by atoms with Crippen LogP contribution in [-0.4, -0.2) is 69.6 Å². The number of pyridine rings is 1. The molecule has 39 heavy (non-hydrogen) atoms. The molecule has 3 rings (SSSR count). The number of nitrogens with two attached hydrogens (primary N) is 1. The molecule has 3 aromatic heterocycles. The molecule has 0 fully saturated rings. The fraction of sp³-hybridized carbons (Fsp3) is 0.364. The lowest BCUT2D eigenvalue weighted by atomic mass is 10.2. The maximum atomic E-state index is 13.3. The van der Waals surface area contributed by atoms with Crippen LogP contribution in [0.1, 0.15) is 24.4 Å². The minimum atomic E-state index is -4.94. The van der Waals surface area contributed by atoms with Gasteiger partial charge in [0.05, 0.1) is 31.2 Å². The number of sulfonamides is 1. The van der Waals surface area contributed by atoms with E-state index in [2.05, 4.69) is 29.9 Å². The smallest absolute Gasteiger partial charge is 0.430 e. The van der Waals surface area contributed by atoms with Gasteiger partial charge in [0, 0.05) is 25.4 Å². The number of rotatable bonds is 11. The van der Waals surface area contributed by atoms with Gasteiger partial charge in [-0.15, -0.1) is 10.2 Å². The lowest BCUT2D eigenvalue weighted by molar-refractivity contribution is -0.116. The molecule has 2 atom stereocenters. The second-order valence-corrected chi connectivity index (χ2v) is 10.2. The minimum Gasteiger partial charge on any atom is -0.481 e. The molecule has 3 aromatic rings. The highest BCUT2D eigenvalue weighted by Crippen LogP contribution is 2.27. The maximum Gasteiger partial charge on any atom is 0.430 e. The van der Waals surface area contributed by atoms with Crippen molar-refractivity contribution in [2.24, 2.45) is 5.73 Å². The number of alkyl halides is 3. The highest BCUT2D eigenvalue weighted by molar-refractivity contribution is 7.93. The summed E-state index contributed by atoms with van der Waals surface area (Å²) in [4.78, 5) is 24.9. The van der Waals surface area contributed by atoms with E-state index in [9.17, 15) is 26.4 Å². The summed E-state index contributed by atoms with van der Waals surface area (Å²) in [5, 5.41) is 6.46. The molecule has 0 unspecified atom stereocenters. The lowest BCUT2D eigenvalue weighted by Crippen LogP contribution is -2.33. The van der Waals surface area contributed by atoms with Gasteiger partial charge < -0.3 is 15.2 Å².